The topological polar surface area (TPSA) is 0 Å². The molecule has 31 heavy (non-hydrogen) atoms. The molecular weight excluding hydrogens is 372 g/mol. The van der Waals surface area contributed by atoms with Crippen LogP contribution in [0.2, 0.25) is 0 Å². The summed E-state index contributed by atoms with van der Waals surface area (Å²) < 4.78 is 0. The second-order valence-corrected chi connectivity index (χ2v) is 15.0. The summed E-state index contributed by atoms with van der Waals surface area (Å²) >= 11 is 0. The molecule has 0 heterocycles. The molecule has 176 valence electrons. The molecule has 0 amide bonds. The fourth-order valence-corrected chi connectivity index (χ4v) is 11.8. The van der Waals surface area contributed by atoms with Gasteiger partial charge in [0.25, 0.3) is 0 Å². The number of rotatable bonds is 2. The van der Waals surface area contributed by atoms with Gasteiger partial charge in [-0.3, -0.25) is 0 Å². The Hall–Kier alpha value is -0.260. The van der Waals surface area contributed by atoms with Gasteiger partial charge in [0.15, 0.2) is 0 Å². The molecule has 0 aromatic carbocycles. The highest BCUT2D eigenvalue weighted by atomic mass is 14.7. The Kier molecular flexibility index (Phi) is 5.00. The summed E-state index contributed by atoms with van der Waals surface area (Å²) in [6, 6.07) is 0. The Labute approximate surface area is 194 Å². The minimum absolute atomic E-state index is 0.460. The van der Waals surface area contributed by atoms with E-state index >= 15 is 0 Å². The maximum atomic E-state index is 4.30. The van der Waals surface area contributed by atoms with Crippen molar-refractivity contribution in [3.63, 3.8) is 0 Å². The van der Waals surface area contributed by atoms with E-state index in [0.29, 0.717) is 27.1 Å². The van der Waals surface area contributed by atoms with E-state index in [4.69, 9.17) is 0 Å². The minimum atomic E-state index is 0.460. The van der Waals surface area contributed by atoms with Crippen molar-refractivity contribution in [2.45, 2.75) is 126 Å². The van der Waals surface area contributed by atoms with E-state index in [0.717, 1.165) is 29.6 Å². The van der Waals surface area contributed by atoms with Crippen LogP contribution in [0.25, 0.3) is 0 Å². The zero-order chi connectivity index (χ0) is 22.4. The van der Waals surface area contributed by atoms with Gasteiger partial charge in [-0.2, -0.15) is 0 Å². The molecule has 9 atom stereocenters. The predicted molar refractivity (Wildman–Crippen MR) is 134 cm³/mol. The normalized spacial score (nSPS) is 55.5. The van der Waals surface area contributed by atoms with Gasteiger partial charge in [0.05, 0.1) is 0 Å². The molecular formula is C31H52. The Balaban J connectivity index is 1.48. The predicted octanol–water partition coefficient (Wildman–Crippen LogP) is 9.44. The first-order valence-corrected chi connectivity index (χ1v) is 14.0. The first-order valence-electron chi connectivity index (χ1n) is 14.0. The van der Waals surface area contributed by atoms with Crippen LogP contribution >= 0.6 is 0 Å². The lowest BCUT2D eigenvalue weighted by atomic mass is 9.32. The molecule has 0 aromatic heterocycles. The zero-order valence-electron chi connectivity index (χ0n) is 22.1. The molecule has 0 heteroatoms. The summed E-state index contributed by atoms with van der Waals surface area (Å²) in [6.45, 7) is 22.9. The first-order chi connectivity index (χ1) is 14.4. The number of hydrogen-bond acceptors (Lipinski definition) is 0. The van der Waals surface area contributed by atoms with Crippen LogP contribution in [0, 0.1) is 56.7 Å². The highest BCUT2D eigenvalue weighted by Crippen LogP contribution is 2.77. The highest BCUT2D eigenvalue weighted by molar-refractivity contribution is 5.18. The van der Waals surface area contributed by atoms with Crippen LogP contribution in [0.3, 0.4) is 0 Å². The fourth-order valence-electron chi connectivity index (χ4n) is 11.8. The molecule has 5 aliphatic carbocycles. The van der Waals surface area contributed by atoms with Crippen molar-refractivity contribution in [1.82, 2.24) is 0 Å². The zero-order valence-corrected chi connectivity index (χ0v) is 22.1. The van der Waals surface area contributed by atoms with E-state index < -0.39 is 0 Å². The molecule has 0 N–H and O–H groups in total. The lowest BCUT2D eigenvalue weighted by Crippen LogP contribution is -2.65. The Morgan fingerprint density at radius 3 is 2.16 bits per heavy atom. The van der Waals surface area contributed by atoms with Gasteiger partial charge in [-0.25, -0.2) is 0 Å². The quantitative estimate of drug-likeness (QED) is 0.387. The lowest BCUT2D eigenvalue weighted by Gasteiger charge is -2.73. The molecule has 5 saturated carbocycles. The molecule has 0 bridgehead atoms. The van der Waals surface area contributed by atoms with Crippen LogP contribution in [-0.2, 0) is 0 Å². The van der Waals surface area contributed by atoms with Crippen molar-refractivity contribution in [1.29, 1.82) is 0 Å². The third-order valence-corrected chi connectivity index (χ3v) is 13.6. The summed E-state index contributed by atoms with van der Waals surface area (Å²) in [5, 5.41) is 0. The minimum Gasteiger partial charge on any atom is -0.100 e. The summed E-state index contributed by atoms with van der Waals surface area (Å²) in [5.41, 5.74) is 4.22. The largest absolute Gasteiger partial charge is 0.100 e. The van der Waals surface area contributed by atoms with Crippen LogP contribution in [0.5, 0.6) is 0 Å². The Bertz CT molecular complexity index is 745. The Morgan fingerprint density at radius 2 is 1.45 bits per heavy atom. The van der Waals surface area contributed by atoms with E-state index in [2.05, 4.69) is 55.0 Å². The van der Waals surface area contributed by atoms with Crippen molar-refractivity contribution < 1.29 is 0 Å². The second-order valence-electron chi connectivity index (χ2n) is 15.0. The van der Waals surface area contributed by atoms with Crippen molar-refractivity contribution in [2.75, 3.05) is 0 Å². The van der Waals surface area contributed by atoms with Gasteiger partial charge < -0.3 is 0 Å². The van der Waals surface area contributed by atoms with Crippen molar-refractivity contribution in [3.8, 4) is 0 Å². The molecule has 5 fully saturated rings. The van der Waals surface area contributed by atoms with E-state index in [1.54, 1.807) is 0 Å². The smallest absolute Gasteiger partial charge is 0.0235 e. The average molecular weight is 425 g/mol. The molecule has 0 saturated heterocycles. The molecule has 0 aromatic rings. The van der Waals surface area contributed by atoms with Gasteiger partial charge in [-0.15, -0.1) is 6.58 Å². The fraction of sp³-hybridized carbons (Fsp3) is 0.935. The second kappa shape index (κ2) is 6.88. The molecule has 5 aliphatic rings. The molecule has 0 radical (unpaired) electrons. The number of allylic oxidation sites excluding steroid dienone is 1. The number of fused-ring (bicyclic) bond motifs is 7. The van der Waals surface area contributed by atoms with E-state index in [1.165, 1.54) is 82.6 Å². The van der Waals surface area contributed by atoms with E-state index in [1.807, 2.05) is 0 Å². The van der Waals surface area contributed by atoms with Crippen molar-refractivity contribution >= 4 is 0 Å². The van der Waals surface area contributed by atoms with E-state index in [9.17, 15) is 0 Å². The van der Waals surface area contributed by atoms with Gasteiger partial charge >= 0.3 is 0 Å². The van der Waals surface area contributed by atoms with Crippen molar-refractivity contribution in [2.24, 2.45) is 56.7 Å². The van der Waals surface area contributed by atoms with Crippen LogP contribution < -0.4 is 0 Å². The van der Waals surface area contributed by atoms with Gasteiger partial charge in [0, 0.05) is 0 Å². The van der Waals surface area contributed by atoms with Gasteiger partial charge in [-0.05, 0) is 134 Å². The summed E-state index contributed by atoms with van der Waals surface area (Å²) in [4.78, 5) is 0. The van der Waals surface area contributed by atoms with Gasteiger partial charge in [-0.1, -0.05) is 53.5 Å². The third kappa shape index (κ3) is 2.84. The maximum Gasteiger partial charge on any atom is -0.0235 e. The number of hydrogen-bond donors (Lipinski definition) is 0. The van der Waals surface area contributed by atoms with Gasteiger partial charge in [0.1, 0.15) is 0 Å². The maximum absolute atomic E-state index is 4.30. The van der Waals surface area contributed by atoms with E-state index in [-0.39, 0.29) is 0 Å². The van der Waals surface area contributed by atoms with Crippen molar-refractivity contribution in [3.05, 3.63) is 12.2 Å². The molecule has 0 nitrogen and oxygen atoms in total. The summed E-state index contributed by atoms with van der Waals surface area (Å²) in [6.07, 6.45) is 17.8. The summed E-state index contributed by atoms with van der Waals surface area (Å²) in [7, 11) is 0. The SMILES string of the molecule is C=C(C)C[C@H]1CC[C@@]2(C)C(CC[C@]3(C)C2CCC2C4CCC[C@]4(C)CC[C@]23C)C1(C)C. The van der Waals surface area contributed by atoms with Crippen LogP contribution in [0.4, 0.5) is 0 Å². The van der Waals surface area contributed by atoms with Crippen LogP contribution in [0.15, 0.2) is 12.2 Å². The third-order valence-electron chi connectivity index (χ3n) is 13.6. The van der Waals surface area contributed by atoms with Crippen LogP contribution in [0.1, 0.15) is 126 Å². The summed E-state index contributed by atoms with van der Waals surface area (Å²) in [5.74, 6) is 4.71. The lowest BCUT2D eigenvalue weighted by molar-refractivity contribution is -0.239. The monoisotopic (exact) mass is 424 g/mol. The molecule has 0 spiro atoms. The molecule has 0 aliphatic heterocycles. The highest BCUT2D eigenvalue weighted by Gasteiger charge is 2.69. The van der Waals surface area contributed by atoms with Gasteiger partial charge in [0.2, 0.25) is 0 Å². The molecule has 4 unspecified atom stereocenters. The Morgan fingerprint density at radius 1 is 0.710 bits per heavy atom. The average Bonchev–Trinajstić information content (AvgIpc) is 3.06. The van der Waals surface area contributed by atoms with Crippen LogP contribution in [-0.4, -0.2) is 0 Å². The molecule has 5 rings (SSSR count). The first kappa shape index (κ1) is 22.5. The standard InChI is InChI=1S/C31H52/c1-21(2)20-22-13-16-29(6)25(27(22,3)4)14-17-31(8)26(29)12-11-24-23-10-9-15-28(23,5)18-19-30(24,31)7/h22-26H,1,9-20H2,2-8H3/t22-,23?,24?,25?,26?,28-,29+,30-,31-/m1/s1.